The molecule has 1 N–H and O–H groups in total. The largest absolute Gasteiger partial charge is 0.325 e. The fourth-order valence-corrected chi connectivity index (χ4v) is 5.85. The van der Waals surface area contributed by atoms with Gasteiger partial charge in [0.1, 0.15) is 12.1 Å². The summed E-state index contributed by atoms with van der Waals surface area (Å²) in [6, 6.07) is 16.3. The van der Waals surface area contributed by atoms with Crippen LogP contribution in [0.25, 0.3) is 0 Å². The van der Waals surface area contributed by atoms with Crippen LogP contribution in [-0.2, 0) is 25.0 Å². The van der Waals surface area contributed by atoms with Gasteiger partial charge in [-0.05, 0) is 31.0 Å². The van der Waals surface area contributed by atoms with Crippen LogP contribution in [0.4, 0.5) is 10.5 Å². The van der Waals surface area contributed by atoms with Gasteiger partial charge in [-0.1, -0.05) is 48.5 Å². The van der Waals surface area contributed by atoms with Gasteiger partial charge in [0, 0.05) is 5.69 Å². The number of urea groups is 1. The second-order valence-electron chi connectivity index (χ2n) is 7.97. The van der Waals surface area contributed by atoms with Crippen LogP contribution in [0.1, 0.15) is 18.9 Å². The second-order valence-corrected chi connectivity index (χ2v) is 10.2. The molecule has 2 aromatic carbocycles. The minimum absolute atomic E-state index is 0.00346. The van der Waals surface area contributed by atoms with Gasteiger partial charge in [-0.3, -0.25) is 14.5 Å². The van der Waals surface area contributed by atoms with Gasteiger partial charge >= 0.3 is 6.03 Å². The molecule has 0 aliphatic carbocycles. The average Bonchev–Trinajstić information content (AvgIpc) is 3.21. The molecular weight excluding hydrogens is 418 g/mol. The number of nitrogens with zero attached hydrogens (tertiary/aromatic N) is 2. The Kier molecular flexibility index (Phi) is 5.30. The van der Waals surface area contributed by atoms with E-state index in [0.29, 0.717) is 17.7 Å². The number of imide groups is 1. The fraction of sp³-hybridized carbons (Fsp3) is 0.318. The van der Waals surface area contributed by atoms with Crippen LogP contribution >= 0.6 is 0 Å². The first-order chi connectivity index (χ1) is 14.7. The van der Waals surface area contributed by atoms with Crippen molar-refractivity contribution in [1.29, 1.82) is 0 Å². The Bertz CT molecular complexity index is 1120. The van der Waals surface area contributed by atoms with Gasteiger partial charge in [0.2, 0.25) is 5.91 Å². The van der Waals surface area contributed by atoms with Crippen LogP contribution in [0.2, 0.25) is 0 Å². The van der Waals surface area contributed by atoms with E-state index in [1.54, 1.807) is 61.5 Å². The van der Waals surface area contributed by atoms with Crippen LogP contribution in [0, 0.1) is 0 Å². The van der Waals surface area contributed by atoms with Crippen LogP contribution in [0.5, 0.6) is 0 Å². The molecule has 2 aliphatic rings. The highest BCUT2D eigenvalue weighted by molar-refractivity contribution is 7.91. The maximum atomic E-state index is 13.3. The SMILES string of the molecule is C[C@@]1(c2ccccc2)NC(=O)N(CC(=O)N(c2ccccc2)[C@@H]2CCS(=O)(=O)C2)C1=O. The number of amides is 4. The lowest BCUT2D eigenvalue weighted by molar-refractivity contribution is -0.134. The lowest BCUT2D eigenvalue weighted by Gasteiger charge is -2.30. The third kappa shape index (κ3) is 3.93. The molecule has 4 rings (SSSR count). The molecule has 9 heteroatoms. The van der Waals surface area contributed by atoms with Crippen molar-refractivity contribution in [2.45, 2.75) is 24.9 Å². The minimum atomic E-state index is -3.24. The molecule has 0 unspecified atom stereocenters. The van der Waals surface area contributed by atoms with Gasteiger partial charge < -0.3 is 10.2 Å². The summed E-state index contributed by atoms with van der Waals surface area (Å²) in [7, 11) is -3.24. The predicted octanol–water partition coefficient (Wildman–Crippen LogP) is 1.67. The maximum Gasteiger partial charge on any atom is 0.325 e. The number of rotatable bonds is 5. The lowest BCUT2D eigenvalue weighted by atomic mass is 9.92. The number of hydrogen-bond donors (Lipinski definition) is 1. The molecule has 2 atom stereocenters. The van der Waals surface area contributed by atoms with E-state index >= 15 is 0 Å². The van der Waals surface area contributed by atoms with E-state index in [1.165, 1.54) is 4.90 Å². The molecule has 2 aliphatic heterocycles. The minimum Gasteiger partial charge on any atom is -0.319 e. The van der Waals surface area contributed by atoms with E-state index in [0.717, 1.165) is 4.90 Å². The van der Waals surface area contributed by atoms with Crippen molar-refractivity contribution < 1.29 is 22.8 Å². The number of para-hydroxylation sites is 1. The topological polar surface area (TPSA) is 104 Å². The predicted molar refractivity (Wildman–Crippen MR) is 115 cm³/mol. The summed E-state index contributed by atoms with van der Waals surface area (Å²) in [5.41, 5.74) is -0.120. The van der Waals surface area contributed by atoms with Crippen molar-refractivity contribution in [3.63, 3.8) is 0 Å². The molecule has 8 nitrogen and oxygen atoms in total. The Morgan fingerprint density at radius 1 is 1.10 bits per heavy atom. The summed E-state index contributed by atoms with van der Waals surface area (Å²) in [6.07, 6.45) is 0.310. The quantitative estimate of drug-likeness (QED) is 0.711. The molecule has 0 spiro atoms. The molecule has 0 saturated carbocycles. The highest BCUT2D eigenvalue weighted by Gasteiger charge is 2.50. The summed E-state index contributed by atoms with van der Waals surface area (Å²) in [4.78, 5) is 41.4. The first-order valence-electron chi connectivity index (χ1n) is 9.98. The molecule has 0 radical (unpaired) electrons. The number of hydrogen-bond acceptors (Lipinski definition) is 5. The third-order valence-electron chi connectivity index (χ3n) is 5.80. The first-order valence-corrected chi connectivity index (χ1v) is 11.8. The number of nitrogens with one attached hydrogen (secondary N) is 1. The first kappa shape index (κ1) is 21.0. The lowest BCUT2D eigenvalue weighted by Crippen LogP contribution is -2.48. The van der Waals surface area contributed by atoms with Crippen molar-refractivity contribution in [3.05, 3.63) is 66.2 Å². The van der Waals surface area contributed by atoms with Crippen molar-refractivity contribution in [1.82, 2.24) is 10.2 Å². The van der Waals surface area contributed by atoms with Gasteiger partial charge in [-0.25, -0.2) is 13.2 Å². The normalized spacial score (nSPS) is 24.8. The van der Waals surface area contributed by atoms with Crippen LogP contribution < -0.4 is 10.2 Å². The van der Waals surface area contributed by atoms with Crippen molar-refractivity contribution in [2.75, 3.05) is 23.0 Å². The number of carbonyl (C=O) groups excluding carboxylic acids is 3. The standard InChI is InChI=1S/C22H23N3O5S/c1-22(16-8-4-2-5-9-16)20(27)24(21(28)23-22)14-19(26)25(17-10-6-3-7-11-17)18-12-13-31(29,30)15-18/h2-11,18H,12-15H2,1H3,(H,23,28)/t18-,22+/m1/s1. The van der Waals surface area contributed by atoms with E-state index in [4.69, 9.17) is 0 Å². The zero-order valence-corrected chi connectivity index (χ0v) is 17.8. The van der Waals surface area contributed by atoms with E-state index in [9.17, 15) is 22.8 Å². The van der Waals surface area contributed by atoms with Crippen LogP contribution in [0.15, 0.2) is 60.7 Å². The van der Waals surface area contributed by atoms with Gasteiger partial charge in [-0.2, -0.15) is 0 Å². The van der Waals surface area contributed by atoms with Gasteiger partial charge in [0.05, 0.1) is 17.5 Å². The smallest absolute Gasteiger partial charge is 0.319 e. The number of carbonyl (C=O) groups is 3. The molecular formula is C22H23N3O5S. The third-order valence-corrected chi connectivity index (χ3v) is 7.55. The molecule has 162 valence electrons. The van der Waals surface area contributed by atoms with Crippen molar-refractivity contribution in [3.8, 4) is 0 Å². The van der Waals surface area contributed by atoms with E-state index in [2.05, 4.69) is 5.32 Å². The Balaban J connectivity index is 1.60. The maximum absolute atomic E-state index is 13.3. The summed E-state index contributed by atoms with van der Waals surface area (Å²) in [6.45, 7) is 1.13. The zero-order valence-electron chi connectivity index (χ0n) is 17.0. The van der Waals surface area contributed by atoms with E-state index < -0.39 is 45.8 Å². The summed E-state index contributed by atoms with van der Waals surface area (Å²) in [5.74, 6) is -1.17. The van der Waals surface area contributed by atoms with Crippen LogP contribution in [0.3, 0.4) is 0 Å². The van der Waals surface area contributed by atoms with Crippen molar-refractivity contribution in [2.24, 2.45) is 0 Å². The fourth-order valence-electron chi connectivity index (χ4n) is 4.15. The van der Waals surface area contributed by atoms with Gasteiger partial charge in [-0.15, -0.1) is 0 Å². The molecule has 2 aromatic rings. The molecule has 2 fully saturated rings. The summed E-state index contributed by atoms with van der Waals surface area (Å²) >= 11 is 0. The Labute approximate surface area is 180 Å². The van der Waals surface area contributed by atoms with Crippen LogP contribution in [-0.4, -0.2) is 55.3 Å². The molecule has 2 saturated heterocycles. The van der Waals surface area contributed by atoms with Crippen molar-refractivity contribution >= 4 is 33.4 Å². The molecule has 0 aromatic heterocycles. The number of sulfone groups is 1. The highest BCUT2D eigenvalue weighted by atomic mass is 32.2. The molecule has 0 bridgehead atoms. The average molecular weight is 442 g/mol. The Morgan fingerprint density at radius 3 is 2.29 bits per heavy atom. The molecule has 31 heavy (non-hydrogen) atoms. The number of benzene rings is 2. The van der Waals surface area contributed by atoms with E-state index in [1.807, 2.05) is 6.07 Å². The zero-order chi connectivity index (χ0) is 22.2. The van der Waals surface area contributed by atoms with Gasteiger partial charge in [0.15, 0.2) is 9.84 Å². The van der Waals surface area contributed by atoms with Gasteiger partial charge in [0.25, 0.3) is 5.91 Å². The summed E-state index contributed by atoms with van der Waals surface area (Å²) < 4.78 is 24.0. The van der Waals surface area contributed by atoms with E-state index in [-0.39, 0.29) is 11.5 Å². The second kappa shape index (κ2) is 7.81. The molecule has 2 heterocycles. The monoisotopic (exact) mass is 441 g/mol. The Hall–Kier alpha value is -3.20. The Morgan fingerprint density at radius 2 is 1.71 bits per heavy atom. The highest BCUT2D eigenvalue weighted by Crippen LogP contribution is 2.30. The molecule has 4 amide bonds. The number of anilines is 1. The summed E-state index contributed by atoms with van der Waals surface area (Å²) in [5, 5.41) is 2.68.